The van der Waals surface area contributed by atoms with Crippen LogP contribution < -0.4 is 25.3 Å². The van der Waals surface area contributed by atoms with Crippen LogP contribution in [-0.2, 0) is 11.4 Å². The normalized spacial score (nSPS) is 10.3. The molecule has 1 aromatic heterocycles. The predicted octanol–water partition coefficient (Wildman–Crippen LogP) is 3.44. The maximum atomic E-state index is 12.6. The Labute approximate surface area is 183 Å². The maximum absolute atomic E-state index is 12.6. The first-order valence-electron chi connectivity index (χ1n) is 9.18. The van der Waals surface area contributed by atoms with Crippen LogP contribution in [0.4, 0.5) is 5.69 Å². The summed E-state index contributed by atoms with van der Waals surface area (Å²) in [5.74, 6) is 0.0942. The van der Waals surface area contributed by atoms with Gasteiger partial charge in [-0.25, -0.2) is 0 Å². The number of methoxy groups -OCH3 is 1. The number of hydrogen-bond acceptors (Lipinski definition) is 6. The molecular formula is C22H20ClN3O5. The minimum absolute atomic E-state index is 0.296. The Hall–Kier alpha value is -3.78. The molecule has 3 N–H and O–H groups in total. The minimum atomic E-state index is -0.617. The van der Waals surface area contributed by atoms with Gasteiger partial charge in [0, 0.05) is 29.2 Å². The number of rotatable bonds is 9. The van der Waals surface area contributed by atoms with Crippen LogP contribution in [0, 0.1) is 0 Å². The van der Waals surface area contributed by atoms with Gasteiger partial charge in [-0.3, -0.25) is 14.6 Å². The Balaban J connectivity index is 1.65. The highest BCUT2D eigenvalue weighted by Gasteiger charge is 2.13. The number of carbonyl (C=O) groups is 2. The number of hydrogen-bond donors (Lipinski definition) is 2. The number of carbonyl (C=O) groups excluding carboxylic acids is 2. The lowest BCUT2D eigenvalue weighted by Crippen LogP contribution is -2.20. The van der Waals surface area contributed by atoms with E-state index in [2.05, 4.69) is 10.3 Å². The molecule has 2 amide bonds. The molecule has 3 aromatic rings. The van der Waals surface area contributed by atoms with Gasteiger partial charge in [-0.15, -0.1) is 0 Å². The molecule has 1 heterocycles. The average molecular weight is 442 g/mol. The molecular weight excluding hydrogens is 422 g/mol. The molecule has 0 saturated carbocycles. The van der Waals surface area contributed by atoms with E-state index >= 15 is 0 Å². The van der Waals surface area contributed by atoms with E-state index in [1.165, 1.54) is 19.2 Å². The Morgan fingerprint density at radius 2 is 1.87 bits per heavy atom. The summed E-state index contributed by atoms with van der Waals surface area (Å²) in [6.07, 6.45) is 3.40. The first-order chi connectivity index (χ1) is 15.0. The van der Waals surface area contributed by atoms with E-state index in [-0.39, 0.29) is 12.5 Å². The fraction of sp³-hybridized carbons (Fsp3) is 0.136. The van der Waals surface area contributed by atoms with Crippen molar-refractivity contribution >= 4 is 29.1 Å². The molecule has 8 nitrogen and oxygen atoms in total. The highest BCUT2D eigenvalue weighted by molar-refractivity contribution is 6.32. The molecule has 2 aromatic carbocycles. The fourth-order valence-electron chi connectivity index (χ4n) is 2.62. The third kappa shape index (κ3) is 6.10. The standard InChI is InChI=1S/C22H20ClN3O5/c1-29-20-9-15(4-6-19(20)31-13-21(24)27)22(28)26-16-5-7-18(17(23)10-16)30-12-14-3-2-8-25-11-14/h2-11H,12-13H2,1H3,(H2,24,27)(H,26,28). The summed E-state index contributed by atoms with van der Waals surface area (Å²) in [6, 6.07) is 13.2. The second-order valence-corrected chi connectivity index (χ2v) is 6.78. The summed E-state index contributed by atoms with van der Waals surface area (Å²) >= 11 is 6.29. The second kappa shape index (κ2) is 10.3. The van der Waals surface area contributed by atoms with Crippen LogP contribution in [0.15, 0.2) is 60.9 Å². The quantitative estimate of drug-likeness (QED) is 0.526. The van der Waals surface area contributed by atoms with Crippen molar-refractivity contribution in [3.8, 4) is 17.2 Å². The summed E-state index contributed by atoms with van der Waals surface area (Å²) in [5, 5.41) is 3.12. The molecule has 0 saturated heterocycles. The number of aromatic nitrogens is 1. The van der Waals surface area contributed by atoms with Crippen LogP contribution >= 0.6 is 11.6 Å². The molecule has 9 heteroatoms. The van der Waals surface area contributed by atoms with E-state index in [1.54, 1.807) is 36.7 Å². The molecule has 160 valence electrons. The van der Waals surface area contributed by atoms with Gasteiger partial charge in [0.15, 0.2) is 18.1 Å². The summed E-state index contributed by atoms with van der Waals surface area (Å²) < 4.78 is 16.2. The van der Waals surface area contributed by atoms with E-state index in [4.69, 9.17) is 31.5 Å². The molecule has 0 radical (unpaired) electrons. The lowest BCUT2D eigenvalue weighted by atomic mass is 10.1. The van der Waals surface area contributed by atoms with Crippen molar-refractivity contribution in [2.24, 2.45) is 5.73 Å². The summed E-state index contributed by atoms with van der Waals surface area (Å²) in [5.41, 5.74) is 6.81. The Kier molecular flexibility index (Phi) is 7.29. The predicted molar refractivity (Wildman–Crippen MR) is 116 cm³/mol. The average Bonchev–Trinajstić information content (AvgIpc) is 2.77. The van der Waals surface area contributed by atoms with Gasteiger partial charge >= 0.3 is 0 Å². The molecule has 0 unspecified atom stereocenters. The topological polar surface area (TPSA) is 113 Å². The lowest BCUT2D eigenvalue weighted by molar-refractivity contribution is -0.119. The highest BCUT2D eigenvalue weighted by Crippen LogP contribution is 2.30. The van der Waals surface area contributed by atoms with Gasteiger partial charge in [0.2, 0.25) is 0 Å². The van der Waals surface area contributed by atoms with Gasteiger partial charge in [-0.2, -0.15) is 0 Å². The monoisotopic (exact) mass is 441 g/mol. The van der Waals surface area contributed by atoms with Crippen LogP contribution in [0.5, 0.6) is 17.2 Å². The van der Waals surface area contributed by atoms with Crippen molar-refractivity contribution in [1.29, 1.82) is 0 Å². The van der Waals surface area contributed by atoms with Crippen LogP contribution in [0.2, 0.25) is 5.02 Å². The molecule has 3 rings (SSSR count). The van der Waals surface area contributed by atoms with E-state index in [1.807, 2.05) is 12.1 Å². The second-order valence-electron chi connectivity index (χ2n) is 6.37. The van der Waals surface area contributed by atoms with Crippen molar-refractivity contribution in [2.45, 2.75) is 6.61 Å². The van der Waals surface area contributed by atoms with Crippen LogP contribution in [-0.4, -0.2) is 30.5 Å². The van der Waals surface area contributed by atoms with E-state index in [9.17, 15) is 9.59 Å². The number of benzene rings is 2. The van der Waals surface area contributed by atoms with Gasteiger partial charge in [0.1, 0.15) is 12.4 Å². The Bertz CT molecular complexity index is 1080. The Morgan fingerprint density at radius 3 is 2.55 bits per heavy atom. The molecule has 0 spiro atoms. The molecule has 0 atom stereocenters. The number of anilines is 1. The number of primary amides is 1. The number of halogens is 1. The Morgan fingerprint density at radius 1 is 1.06 bits per heavy atom. The minimum Gasteiger partial charge on any atom is -0.493 e. The molecule has 0 bridgehead atoms. The van der Waals surface area contributed by atoms with Crippen molar-refractivity contribution in [1.82, 2.24) is 4.98 Å². The number of nitrogens with zero attached hydrogens (tertiary/aromatic N) is 1. The van der Waals surface area contributed by atoms with Gasteiger partial charge in [0.05, 0.1) is 12.1 Å². The third-order valence-electron chi connectivity index (χ3n) is 4.10. The number of nitrogens with two attached hydrogens (primary N) is 1. The maximum Gasteiger partial charge on any atom is 0.255 e. The van der Waals surface area contributed by atoms with Crippen molar-refractivity contribution in [3.63, 3.8) is 0 Å². The van der Waals surface area contributed by atoms with Crippen molar-refractivity contribution in [2.75, 3.05) is 19.0 Å². The van der Waals surface area contributed by atoms with E-state index in [0.29, 0.717) is 40.1 Å². The zero-order valence-electron chi connectivity index (χ0n) is 16.6. The van der Waals surface area contributed by atoms with Gasteiger partial charge in [0.25, 0.3) is 11.8 Å². The molecule has 31 heavy (non-hydrogen) atoms. The number of nitrogens with one attached hydrogen (secondary N) is 1. The number of amides is 2. The zero-order valence-corrected chi connectivity index (χ0v) is 17.4. The van der Waals surface area contributed by atoms with Crippen molar-refractivity contribution in [3.05, 3.63) is 77.1 Å². The SMILES string of the molecule is COc1cc(C(=O)Nc2ccc(OCc3cccnc3)c(Cl)c2)ccc1OCC(N)=O. The van der Waals surface area contributed by atoms with Crippen LogP contribution in [0.3, 0.4) is 0 Å². The van der Waals surface area contributed by atoms with Crippen LogP contribution in [0.1, 0.15) is 15.9 Å². The number of pyridine rings is 1. The van der Waals surface area contributed by atoms with Gasteiger partial charge in [-0.05, 0) is 42.5 Å². The molecule has 0 aliphatic rings. The molecule has 0 aliphatic carbocycles. The van der Waals surface area contributed by atoms with Gasteiger partial charge < -0.3 is 25.3 Å². The summed E-state index contributed by atoms with van der Waals surface area (Å²) in [6.45, 7) is 0.0266. The lowest BCUT2D eigenvalue weighted by Gasteiger charge is -2.12. The van der Waals surface area contributed by atoms with Gasteiger partial charge in [-0.1, -0.05) is 17.7 Å². The van der Waals surface area contributed by atoms with E-state index in [0.717, 1.165) is 5.56 Å². The fourth-order valence-corrected chi connectivity index (χ4v) is 2.86. The zero-order chi connectivity index (χ0) is 22.2. The summed E-state index contributed by atoms with van der Waals surface area (Å²) in [7, 11) is 1.43. The first kappa shape index (κ1) is 21.9. The van der Waals surface area contributed by atoms with Crippen molar-refractivity contribution < 1.29 is 23.8 Å². The third-order valence-corrected chi connectivity index (χ3v) is 4.40. The van der Waals surface area contributed by atoms with E-state index < -0.39 is 5.91 Å². The smallest absolute Gasteiger partial charge is 0.255 e. The molecule has 0 fully saturated rings. The number of ether oxygens (including phenoxy) is 3. The molecule has 0 aliphatic heterocycles. The summed E-state index contributed by atoms with van der Waals surface area (Å²) in [4.78, 5) is 27.5. The largest absolute Gasteiger partial charge is 0.493 e. The first-order valence-corrected chi connectivity index (χ1v) is 9.56. The van der Waals surface area contributed by atoms with Crippen LogP contribution in [0.25, 0.3) is 0 Å². The highest BCUT2D eigenvalue weighted by atomic mass is 35.5.